The van der Waals surface area contributed by atoms with Gasteiger partial charge in [-0.05, 0) is 5.92 Å². The van der Waals surface area contributed by atoms with Crippen molar-refractivity contribution >= 4 is 0 Å². The highest BCUT2D eigenvalue weighted by molar-refractivity contribution is 4.59. The maximum atomic E-state index is 3.92. The molecule has 0 bridgehead atoms. The monoisotopic (exact) mass is 252 g/mol. The lowest BCUT2D eigenvalue weighted by molar-refractivity contribution is 0.397. The summed E-state index contributed by atoms with van der Waals surface area (Å²) in [5.74, 6) is 0.989. The van der Waals surface area contributed by atoms with Gasteiger partial charge in [-0.1, -0.05) is 111 Å². The zero-order chi connectivity index (χ0) is 13.5. The molecule has 0 aromatic heterocycles. The van der Waals surface area contributed by atoms with Gasteiger partial charge in [-0.15, -0.1) is 0 Å². The van der Waals surface area contributed by atoms with Gasteiger partial charge >= 0.3 is 0 Å². The van der Waals surface area contributed by atoms with Crippen LogP contribution in [0.3, 0.4) is 0 Å². The first-order valence-corrected chi connectivity index (χ1v) is 8.43. The maximum absolute atomic E-state index is 3.92. The summed E-state index contributed by atoms with van der Waals surface area (Å²) >= 11 is 0. The maximum Gasteiger partial charge on any atom is -0.0417 e. The molecule has 2 radical (unpaired) electrons. The average molecular weight is 252 g/mol. The Hall–Kier alpha value is 0. The van der Waals surface area contributed by atoms with Crippen molar-refractivity contribution in [3.63, 3.8) is 0 Å². The van der Waals surface area contributed by atoms with Gasteiger partial charge in [0, 0.05) is 0 Å². The Balaban J connectivity index is 3.23. The lowest BCUT2D eigenvalue weighted by atomic mass is 9.92. The minimum atomic E-state index is 0.989. The van der Waals surface area contributed by atoms with Gasteiger partial charge in [-0.2, -0.15) is 0 Å². The van der Waals surface area contributed by atoms with Crippen LogP contribution < -0.4 is 0 Å². The van der Waals surface area contributed by atoms with Crippen LogP contribution in [0.5, 0.6) is 0 Å². The first kappa shape index (κ1) is 18.0. The zero-order valence-corrected chi connectivity index (χ0v) is 12.9. The first-order chi connectivity index (χ1) is 8.85. The second kappa shape index (κ2) is 15.1. The molecule has 0 heterocycles. The van der Waals surface area contributed by atoms with Crippen LogP contribution in [0.1, 0.15) is 96.8 Å². The molecular formula is C18H36. The lowest BCUT2D eigenvalue weighted by Crippen LogP contribution is -1.99. The van der Waals surface area contributed by atoms with Gasteiger partial charge in [0.05, 0.1) is 0 Å². The third-order valence-corrected chi connectivity index (χ3v) is 4.05. The summed E-state index contributed by atoms with van der Waals surface area (Å²) in [6.07, 6.45) is 19.2. The van der Waals surface area contributed by atoms with Crippen LogP contribution in [0.25, 0.3) is 0 Å². The number of rotatable bonds is 14. The van der Waals surface area contributed by atoms with Crippen LogP contribution in [0.2, 0.25) is 0 Å². The van der Waals surface area contributed by atoms with E-state index in [4.69, 9.17) is 0 Å². The molecule has 0 nitrogen and oxygen atoms in total. The van der Waals surface area contributed by atoms with Crippen molar-refractivity contribution in [2.24, 2.45) is 5.92 Å². The van der Waals surface area contributed by atoms with Crippen molar-refractivity contribution in [3.8, 4) is 0 Å². The largest absolute Gasteiger partial charge is 0.0651 e. The summed E-state index contributed by atoms with van der Waals surface area (Å²) in [6, 6.07) is 0. The van der Waals surface area contributed by atoms with E-state index in [1.165, 1.54) is 77.0 Å². The van der Waals surface area contributed by atoms with Crippen LogP contribution in [0, 0.1) is 19.8 Å². The number of hydrogen-bond donors (Lipinski definition) is 0. The fraction of sp³-hybridized carbons (Fsp3) is 0.889. The van der Waals surface area contributed by atoms with Crippen LogP contribution in [-0.4, -0.2) is 0 Å². The van der Waals surface area contributed by atoms with Gasteiger partial charge in [0.25, 0.3) is 0 Å². The average Bonchev–Trinajstić information content (AvgIpc) is 2.40. The molecule has 0 aliphatic carbocycles. The Labute approximate surface area is 117 Å². The van der Waals surface area contributed by atoms with E-state index >= 15 is 0 Å². The number of unbranched alkanes of at least 4 members (excludes halogenated alkanes) is 9. The van der Waals surface area contributed by atoms with E-state index in [2.05, 4.69) is 20.8 Å². The molecule has 0 amide bonds. The summed E-state index contributed by atoms with van der Waals surface area (Å²) < 4.78 is 0. The molecule has 0 aromatic rings. The molecule has 108 valence electrons. The predicted molar refractivity (Wildman–Crippen MR) is 84.5 cm³/mol. The molecule has 0 N–H and O–H groups in total. The van der Waals surface area contributed by atoms with Crippen molar-refractivity contribution in [1.29, 1.82) is 0 Å². The quantitative estimate of drug-likeness (QED) is 0.300. The Bertz CT molecular complexity index is 139. The second-order valence-electron chi connectivity index (χ2n) is 5.74. The summed E-state index contributed by atoms with van der Waals surface area (Å²) in [5.41, 5.74) is 0. The Morgan fingerprint density at radius 2 is 1.00 bits per heavy atom. The topological polar surface area (TPSA) is 0 Å². The summed E-state index contributed by atoms with van der Waals surface area (Å²) in [7, 11) is 0. The summed E-state index contributed by atoms with van der Waals surface area (Å²) in [5, 5.41) is 0. The van der Waals surface area contributed by atoms with Crippen molar-refractivity contribution in [3.05, 3.63) is 13.8 Å². The molecule has 1 unspecified atom stereocenters. The van der Waals surface area contributed by atoms with Crippen LogP contribution >= 0.6 is 0 Å². The van der Waals surface area contributed by atoms with Crippen molar-refractivity contribution < 1.29 is 0 Å². The molecular weight excluding hydrogens is 216 g/mol. The molecule has 0 fully saturated rings. The Morgan fingerprint density at radius 3 is 1.50 bits per heavy atom. The normalized spacial score (nSPS) is 12.8. The van der Waals surface area contributed by atoms with E-state index in [9.17, 15) is 0 Å². The highest BCUT2D eigenvalue weighted by Crippen LogP contribution is 2.21. The van der Waals surface area contributed by atoms with Gasteiger partial charge in [0.15, 0.2) is 0 Å². The van der Waals surface area contributed by atoms with Crippen molar-refractivity contribution in [1.82, 2.24) is 0 Å². The van der Waals surface area contributed by atoms with E-state index in [0.29, 0.717) is 0 Å². The van der Waals surface area contributed by atoms with Gasteiger partial charge in [0.2, 0.25) is 0 Å². The molecule has 18 heavy (non-hydrogen) atoms. The van der Waals surface area contributed by atoms with Gasteiger partial charge in [0.1, 0.15) is 0 Å². The minimum absolute atomic E-state index is 0.989. The molecule has 0 saturated carbocycles. The summed E-state index contributed by atoms with van der Waals surface area (Å²) in [4.78, 5) is 0. The molecule has 0 saturated heterocycles. The molecule has 0 heteroatoms. The van der Waals surface area contributed by atoms with Crippen molar-refractivity contribution in [2.45, 2.75) is 96.8 Å². The highest BCUT2D eigenvalue weighted by Gasteiger charge is 2.05. The third kappa shape index (κ3) is 12.5. The Kier molecular flexibility index (Phi) is 15.1. The highest BCUT2D eigenvalue weighted by atomic mass is 14.1. The fourth-order valence-electron chi connectivity index (χ4n) is 2.66. The SMILES string of the molecule is [CH2]CCCCCCCCCC(CC)CCCC[CH2]. The molecule has 0 aliphatic rings. The minimum Gasteiger partial charge on any atom is -0.0651 e. The van der Waals surface area contributed by atoms with Crippen molar-refractivity contribution in [2.75, 3.05) is 0 Å². The smallest absolute Gasteiger partial charge is 0.0417 e. The van der Waals surface area contributed by atoms with E-state index in [1.807, 2.05) is 0 Å². The van der Waals surface area contributed by atoms with E-state index in [0.717, 1.165) is 18.8 Å². The first-order valence-electron chi connectivity index (χ1n) is 8.43. The Morgan fingerprint density at radius 1 is 0.611 bits per heavy atom. The lowest BCUT2D eigenvalue weighted by Gasteiger charge is -2.14. The van der Waals surface area contributed by atoms with Crippen LogP contribution in [0.4, 0.5) is 0 Å². The zero-order valence-electron chi connectivity index (χ0n) is 12.9. The van der Waals surface area contributed by atoms with Gasteiger partial charge in [-0.25, -0.2) is 0 Å². The predicted octanol–water partition coefficient (Wildman–Crippen LogP) is 6.75. The second-order valence-corrected chi connectivity index (χ2v) is 5.74. The standard InChI is InChI=1S/C18H36/c1-4-7-9-10-11-12-13-15-17-18(6-3)16-14-8-5-2/h18H,1-2,4-17H2,3H3. The van der Waals surface area contributed by atoms with Gasteiger partial charge < -0.3 is 0 Å². The van der Waals surface area contributed by atoms with Crippen LogP contribution in [-0.2, 0) is 0 Å². The molecule has 0 spiro atoms. The van der Waals surface area contributed by atoms with Crippen LogP contribution in [0.15, 0.2) is 0 Å². The van der Waals surface area contributed by atoms with E-state index in [-0.39, 0.29) is 0 Å². The van der Waals surface area contributed by atoms with Gasteiger partial charge in [-0.3, -0.25) is 0 Å². The third-order valence-electron chi connectivity index (χ3n) is 4.05. The molecule has 0 aliphatic heterocycles. The summed E-state index contributed by atoms with van der Waals surface area (Å²) in [6.45, 7) is 10.2. The van der Waals surface area contributed by atoms with E-state index in [1.54, 1.807) is 0 Å². The molecule has 0 rings (SSSR count). The fourth-order valence-corrected chi connectivity index (χ4v) is 2.66. The molecule has 1 atom stereocenters. The number of hydrogen-bond acceptors (Lipinski definition) is 0. The van der Waals surface area contributed by atoms with E-state index < -0.39 is 0 Å². The molecule has 0 aromatic carbocycles.